The lowest BCUT2D eigenvalue weighted by atomic mass is 10.0. The molecule has 116 valence electrons. The summed E-state index contributed by atoms with van der Waals surface area (Å²) in [5.41, 5.74) is 0. The van der Waals surface area contributed by atoms with Gasteiger partial charge in [-0.25, -0.2) is 0 Å². The van der Waals surface area contributed by atoms with Crippen LogP contribution in [0.1, 0.15) is 97.3 Å². The van der Waals surface area contributed by atoms with Crippen molar-refractivity contribution < 1.29 is 10.2 Å². The van der Waals surface area contributed by atoms with Gasteiger partial charge in [0.2, 0.25) is 0 Å². The summed E-state index contributed by atoms with van der Waals surface area (Å²) in [7, 11) is 0. The first-order valence-corrected chi connectivity index (χ1v) is 8.56. The van der Waals surface area contributed by atoms with Crippen molar-refractivity contribution in [2.24, 2.45) is 0 Å². The highest BCUT2D eigenvalue weighted by atomic mass is 16.3. The SMILES string of the molecule is CCCCCC(O)CCCCCC(O)CCCCC. The lowest BCUT2D eigenvalue weighted by molar-refractivity contribution is 0.139. The Morgan fingerprint density at radius 1 is 0.526 bits per heavy atom. The molecule has 2 N–H and O–H groups in total. The molecule has 0 fully saturated rings. The Morgan fingerprint density at radius 2 is 0.842 bits per heavy atom. The van der Waals surface area contributed by atoms with Crippen LogP contribution in [0.25, 0.3) is 0 Å². The fourth-order valence-electron chi connectivity index (χ4n) is 2.49. The van der Waals surface area contributed by atoms with E-state index in [1.165, 1.54) is 25.7 Å². The molecule has 0 rings (SSSR count). The van der Waals surface area contributed by atoms with Crippen molar-refractivity contribution in [3.63, 3.8) is 0 Å². The highest BCUT2D eigenvalue weighted by molar-refractivity contribution is 4.59. The van der Waals surface area contributed by atoms with Gasteiger partial charge >= 0.3 is 0 Å². The van der Waals surface area contributed by atoms with Crippen molar-refractivity contribution >= 4 is 0 Å². The van der Waals surface area contributed by atoms with Crippen LogP contribution in [0.5, 0.6) is 0 Å². The molecule has 2 nitrogen and oxygen atoms in total. The molecule has 0 aliphatic heterocycles. The first-order valence-electron chi connectivity index (χ1n) is 8.56. The van der Waals surface area contributed by atoms with Crippen LogP contribution < -0.4 is 0 Å². The van der Waals surface area contributed by atoms with Gasteiger partial charge in [-0.1, -0.05) is 71.6 Å². The molecule has 0 aromatic rings. The van der Waals surface area contributed by atoms with E-state index < -0.39 is 0 Å². The van der Waals surface area contributed by atoms with Gasteiger partial charge in [-0.05, 0) is 25.7 Å². The van der Waals surface area contributed by atoms with Gasteiger partial charge in [-0.15, -0.1) is 0 Å². The molecule has 0 saturated carbocycles. The summed E-state index contributed by atoms with van der Waals surface area (Å²) in [4.78, 5) is 0. The van der Waals surface area contributed by atoms with Crippen LogP contribution in [0.4, 0.5) is 0 Å². The lowest BCUT2D eigenvalue weighted by Gasteiger charge is -2.11. The van der Waals surface area contributed by atoms with Crippen LogP contribution in [0.2, 0.25) is 0 Å². The third kappa shape index (κ3) is 14.1. The zero-order chi connectivity index (χ0) is 14.3. The lowest BCUT2D eigenvalue weighted by Crippen LogP contribution is -2.07. The summed E-state index contributed by atoms with van der Waals surface area (Å²) in [6, 6.07) is 0. The molecule has 2 atom stereocenters. The van der Waals surface area contributed by atoms with E-state index in [2.05, 4.69) is 13.8 Å². The Labute approximate surface area is 120 Å². The Morgan fingerprint density at radius 3 is 1.16 bits per heavy atom. The van der Waals surface area contributed by atoms with Crippen LogP contribution in [0, 0.1) is 0 Å². The Kier molecular flexibility index (Phi) is 14.3. The number of rotatable bonds is 14. The van der Waals surface area contributed by atoms with Crippen molar-refractivity contribution in [3.8, 4) is 0 Å². The maximum atomic E-state index is 9.78. The van der Waals surface area contributed by atoms with Gasteiger partial charge in [-0.2, -0.15) is 0 Å². The molecule has 0 aliphatic carbocycles. The first-order chi connectivity index (χ1) is 9.20. The maximum absolute atomic E-state index is 9.78. The second kappa shape index (κ2) is 14.3. The second-order valence-corrected chi connectivity index (χ2v) is 5.94. The standard InChI is InChI=1S/C17H36O2/c1-3-5-8-12-16(18)14-10-7-11-15-17(19)13-9-6-4-2/h16-19H,3-15H2,1-2H3. The summed E-state index contributed by atoms with van der Waals surface area (Å²) < 4.78 is 0. The molecular formula is C17H36O2. The highest BCUT2D eigenvalue weighted by Crippen LogP contribution is 2.14. The van der Waals surface area contributed by atoms with E-state index in [-0.39, 0.29) is 12.2 Å². The number of hydrogen-bond acceptors (Lipinski definition) is 2. The third-order valence-electron chi connectivity index (χ3n) is 3.86. The van der Waals surface area contributed by atoms with Crippen LogP contribution >= 0.6 is 0 Å². The van der Waals surface area contributed by atoms with Gasteiger partial charge in [0, 0.05) is 0 Å². The van der Waals surface area contributed by atoms with Gasteiger partial charge in [0.25, 0.3) is 0 Å². The molecule has 0 aromatic heterocycles. The molecule has 0 bridgehead atoms. The monoisotopic (exact) mass is 272 g/mol. The van der Waals surface area contributed by atoms with E-state index in [9.17, 15) is 10.2 Å². The molecule has 0 saturated heterocycles. The van der Waals surface area contributed by atoms with Crippen molar-refractivity contribution in [2.75, 3.05) is 0 Å². The summed E-state index contributed by atoms with van der Waals surface area (Å²) in [6.45, 7) is 4.39. The van der Waals surface area contributed by atoms with Gasteiger partial charge in [0.1, 0.15) is 0 Å². The predicted octanol–water partition coefficient (Wildman–Crippen LogP) is 4.82. The van der Waals surface area contributed by atoms with Gasteiger partial charge in [0.05, 0.1) is 12.2 Å². The van der Waals surface area contributed by atoms with Crippen molar-refractivity contribution in [3.05, 3.63) is 0 Å². The van der Waals surface area contributed by atoms with Gasteiger partial charge < -0.3 is 10.2 Å². The molecule has 19 heavy (non-hydrogen) atoms. The summed E-state index contributed by atoms with van der Waals surface area (Å²) in [5.74, 6) is 0. The van der Waals surface area contributed by atoms with E-state index in [0.717, 1.165) is 57.8 Å². The Balaban J connectivity index is 3.24. The minimum absolute atomic E-state index is 0.0963. The number of aliphatic hydroxyl groups excluding tert-OH is 2. The van der Waals surface area contributed by atoms with E-state index in [4.69, 9.17) is 0 Å². The summed E-state index contributed by atoms with van der Waals surface area (Å²) >= 11 is 0. The normalized spacial score (nSPS) is 14.5. The minimum atomic E-state index is -0.0963. The summed E-state index contributed by atoms with van der Waals surface area (Å²) in [6.07, 6.45) is 14.2. The largest absolute Gasteiger partial charge is 0.393 e. The number of unbranched alkanes of at least 4 members (excludes halogenated alkanes) is 6. The maximum Gasteiger partial charge on any atom is 0.0540 e. The molecule has 2 heteroatoms. The van der Waals surface area contributed by atoms with E-state index in [0.29, 0.717) is 0 Å². The van der Waals surface area contributed by atoms with E-state index in [1.54, 1.807) is 0 Å². The van der Waals surface area contributed by atoms with Gasteiger partial charge in [0.15, 0.2) is 0 Å². The molecular weight excluding hydrogens is 236 g/mol. The smallest absolute Gasteiger partial charge is 0.0540 e. The minimum Gasteiger partial charge on any atom is -0.393 e. The zero-order valence-electron chi connectivity index (χ0n) is 13.2. The number of hydrogen-bond donors (Lipinski definition) is 2. The van der Waals surface area contributed by atoms with Crippen LogP contribution in [-0.2, 0) is 0 Å². The average molecular weight is 272 g/mol. The molecule has 0 aromatic carbocycles. The number of aliphatic hydroxyl groups is 2. The second-order valence-electron chi connectivity index (χ2n) is 5.94. The predicted molar refractivity (Wildman–Crippen MR) is 83.4 cm³/mol. The molecule has 2 unspecified atom stereocenters. The van der Waals surface area contributed by atoms with Crippen LogP contribution in [-0.4, -0.2) is 22.4 Å². The molecule has 0 radical (unpaired) electrons. The molecule has 0 heterocycles. The first kappa shape index (κ1) is 18.9. The Hall–Kier alpha value is -0.0800. The van der Waals surface area contributed by atoms with Crippen molar-refractivity contribution in [1.29, 1.82) is 0 Å². The van der Waals surface area contributed by atoms with Gasteiger partial charge in [-0.3, -0.25) is 0 Å². The van der Waals surface area contributed by atoms with E-state index >= 15 is 0 Å². The van der Waals surface area contributed by atoms with Crippen molar-refractivity contribution in [2.45, 2.75) is 110 Å². The molecule has 0 aliphatic rings. The summed E-state index contributed by atoms with van der Waals surface area (Å²) in [5, 5.41) is 19.6. The molecule has 0 amide bonds. The zero-order valence-corrected chi connectivity index (χ0v) is 13.2. The average Bonchev–Trinajstić information content (AvgIpc) is 2.39. The topological polar surface area (TPSA) is 40.5 Å². The highest BCUT2D eigenvalue weighted by Gasteiger charge is 2.05. The van der Waals surface area contributed by atoms with E-state index in [1.807, 2.05) is 0 Å². The van der Waals surface area contributed by atoms with Crippen LogP contribution in [0.15, 0.2) is 0 Å². The third-order valence-corrected chi connectivity index (χ3v) is 3.86. The fourth-order valence-corrected chi connectivity index (χ4v) is 2.49. The fraction of sp³-hybridized carbons (Fsp3) is 1.00. The van der Waals surface area contributed by atoms with Crippen molar-refractivity contribution in [1.82, 2.24) is 0 Å². The molecule has 0 spiro atoms. The quantitative estimate of drug-likeness (QED) is 0.445. The van der Waals surface area contributed by atoms with Crippen LogP contribution in [0.3, 0.4) is 0 Å². The Bertz CT molecular complexity index is 153.